The van der Waals surface area contributed by atoms with Crippen LogP contribution in [-0.2, 0) is 20.8 Å². The Morgan fingerprint density at radius 3 is 1.27 bits per heavy atom. The second-order valence-corrected chi connectivity index (χ2v) is 20.2. The van der Waals surface area contributed by atoms with E-state index in [0.29, 0.717) is 16.2 Å². The van der Waals surface area contributed by atoms with E-state index in [1.807, 2.05) is 0 Å². The molecule has 0 spiro atoms. The Labute approximate surface area is 272 Å². The third-order valence-corrected chi connectivity index (χ3v) is 12.7. The van der Waals surface area contributed by atoms with E-state index in [2.05, 4.69) is 55.4 Å². The van der Waals surface area contributed by atoms with Gasteiger partial charge in [-0.3, -0.25) is 0 Å². The van der Waals surface area contributed by atoms with Crippen LogP contribution in [-0.4, -0.2) is 0 Å². The third kappa shape index (κ3) is 9.02. The molecule has 4 aliphatic rings. The van der Waals surface area contributed by atoms with Crippen molar-refractivity contribution in [2.24, 2.45) is 63.6 Å². The zero-order valence-corrected chi connectivity index (χ0v) is 32.7. The van der Waals surface area contributed by atoms with Crippen molar-refractivity contribution in [2.45, 2.75) is 158 Å². The number of hydrogen-bond donors (Lipinski definition) is 0. The fourth-order valence-corrected chi connectivity index (χ4v) is 10.7. The van der Waals surface area contributed by atoms with Crippen LogP contribution in [0.5, 0.6) is 0 Å². The van der Waals surface area contributed by atoms with Crippen LogP contribution in [0.1, 0.15) is 158 Å². The van der Waals surface area contributed by atoms with Gasteiger partial charge in [0.25, 0.3) is 0 Å². The predicted molar refractivity (Wildman–Crippen MR) is 179 cm³/mol. The summed E-state index contributed by atoms with van der Waals surface area (Å²) < 4.78 is 0. The van der Waals surface area contributed by atoms with E-state index in [1.54, 1.807) is 51.4 Å². The summed E-state index contributed by atoms with van der Waals surface area (Å²) in [6.07, 6.45) is 24.3. The van der Waals surface area contributed by atoms with Crippen LogP contribution in [0.15, 0.2) is 0 Å². The van der Waals surface area contributed by atoms with Crippen LogP contribution >= 0.6 is 17.0 Å². The molecular formula is C37H70Cl2Zr. The van der Waals surface area contributed by atoms with Gasteiger partial charge in [0, 0.05) is 0 Å². The molecule has 236 valence electrons. The Morgan fingerprint density at radius 2 is 0.950 bits per heavy atom. The summed E-state index contributed by atoms with van der Waals surface area (Å²) in [5.41, 5.74) is 1.63. The maximum atomic E-state index is 4.93. The van der Waals surface area contributed by atoms with Gasteiger partial charge in [0.05, 0.1) is 0 Å². The molecule has 0 aromatic rings. The van der Waals surface area contributed by atoms with Crippen LogP contribution in [0.4, 0.5) is 0 Å². The van der Waals surface area contributed by atoms with Gasteiger partial charge in [-0.1, -0.05) is 93.9 Å². The first-order valence-electron chi connectivity index (χ1n) is 16.9. The number of halogens is 2. The van der Waals surface area contributed by atoms with Gasteiger partial charge in [0.1, 0.15) is 0 Å². The summed E-state index contributed by atoms with van der Waals surface area (Å²) >= 11 is -0.826. The van der Waals surface area contributed by atoms with Gasteiger partial charge < -0.3 is 14.9 Å². The normalized spacial score (nSPS) is 32.5. The Balaban J connectivity index is 0.00000153. The van der Waals surface area contributed by atoms with Crippen LogP contribution in [0.3, 0.4) is 0 Å². The first-order valence-corrected chi connectivity index (χ1v) is 23.2. The molecule has 4 rings (SSSR count). The minimum absolute atomic E-state index is 0. The Morgan fingerprint density at radius 1 is 0.575 bits per heavy atom. The summed E-state index contributed by atoms with van der Waals surface area (Å²) in [4.78, 5) is 0. The molecule has 0 aliphatic heterocycles. The summed E-state index contributed by atoms with van der Waals surface area (Å²) in [5.74, 6) is 8.17. The molecule has 4 aliphatic carbocycles. The number of unbranched alkanes of at least 4 members (excludes halogenated alkanes) is 2. The second-order valence-electron chi connectivity index (χ2n) is 16.4. The first-order chi connectivity index (χ1) is 17.9. The van der Waals surface area contributed by atoms with E-state index in [0.717, 1.165) is 47.3 Å². The molecule has 4 saturated carbocycles. The third-order valence-electron chi connectivity index (χ3n) is 12.7. The molecule has 0 radical (unpaired) electrons. The molecule has 0 heterocycles. The summed E-state index contributed by atoms with van der Waals surface area (Å²) in [6, 6.07) is 0. The number of rotatable bonds is 8. The molecule has 0 aromatic carbocycles. The topological polar surface area (TPSA) is 0 Å². The monoisotopic (exact) mass is 674 g/mol. The molecule has 6 atom stereocenters. The Hall–Kier alpha value is 1.46. The molecule has 0 amide bonds. The molecule has 4 fully saturated rings. The second kappa shape index (κ2) is 17.2. The number of fused-ring (bicyclic) bond motifs is 3. The van der Waals surface area contributed by atoms with Gasteiger partial charge in [-0.05, 0) is 128 Å². The SMILES string of the molecule is CCCCC(CCCC)(C1CCCC1)C1C2CC(C(C)(C)C)CCC2C2CCC(C(C)(C)C)CC21.[CH3-].[CH3-].[Cl][Zr+2][Cl]. The van der Waals surface area contributed by atoms with E-state index in [4.69, 9.17) is 17.0 Å². The van der Waals surface area contributed by atoms with Crippen molar-refractivity contribution in [1.82, 2.24) is 0 Å². The average Bonchev–Trinajstić information content (AvgIpc) is 3.51. The van der Waals surface area contributed by atoms with E-state index >= 15 is 0 Å². The van der Waals surface area contributed by atoms with Crippen molar-refractivity contribution in [1.29, 1.82) is 0 Å². The minimum atomic E-state index is -0.826. The molecule has 0 N–H and O–H groups in total. The first kappa shape index (κ1) is 39.5. The average molecular weight is 677 g/mol. The van der Waals surface area contributed by atoms with Gasteiger partial charge in [0.15, 0.2) is 0 Å². The summed E-state index contributed by atoms with van der Waals surface area (Å²) in [6.45, 7) is 20.3. The molecule has 0 bridgehead atoms. The molecule has 0 saturated heterocycles. The van der Waals surface area contributed by atoms with E-state index in [1.165, 1.54) is 51.4 Å². The van der Waals surface area contributed by atoms with Gasteiger partial charge in [-0.25, -0.2) is 0 Å². The van der Waals surface area contributed by atoms with E-state index < -0.39 is 20.8 Å². The van der Waals surface area contributed by atoms with Gasteiger partial charge in [0.2, 0.25) is 0 Å². The van der Waals surface area contributed by atoms with Gasteiger partial charge in [-0.15, -0.1) is 0 Å². The van der Waals surface area contributed by atoms with Gasteiger partial charge in [-0.2, -0.15) is 0 Å². The van der Waals surface area contributed by atoms with Crippen LogP contribution in [0.25, 0.3) is 0 Å². The standard InChI is InChI=1S/C35H64.2CH3.2ClH.Zr/c1-9-11-21-35(22-12-10-2,25-15-13-14-16-25)32-30-23-26(33(3,4)5)17-19-28(30)29-20-18-27(24-31(29)32)34(6,7)8;;;;;/h25-32H,9-24H2,1-8H3;2*1H3;2*1H;/q;2*-1;;;+4/p-2. The van der Waals surface area contributed by atoms with Crippen LogP contribution in [0, 0.1) is 78.4 Å². The van der Waals surface area contributed by atoms with Crippen molar-refractivity contribution in [3.8, 4) is 0 Å². The summed E-state index contributed by atoms with van der Waals surface area (Å²) in [5, 5.41) is 0. The van der Waals surface area contributed by atoms with Crippen molar-refractivity contribution < 1.29 is 20.8 Å². The fourth-order valence-electron chi connectivity index (χ4n) is 10.7. The quantitative estimate of drug-likeness (QED) is 0.225. The predicted octanol–water partition coefficient (Wildman–Crippen LogP) is 13.6. The Bertz CT molecular complexity index is 639. The van der Waals surface area contributed by atoms with Crippen molar-refractivity contribution in [3.05, 3.63) is 14.9 Å². The van der Waals surface area contributed by atoms with Gasteiger partial charge >= 0.3 is 37.9 Å². The summed E-state index contributed by atoms with van der Waals surface area (Å²) in [7, 11) is 9.87. The molecule has 40 heavy (non-hydrogen) atoms. The van der Waals surface area contributed by atoms with Crippen molar-refractivity contribution >= 4 is 17.0 Å². The number of hydrogen-bond acceptors (Lipinski definition) is 0. The molecule has 0 aromatic heterocycles. The maximum absolute atomic E-state index is 4.93. The molecule has 0 nitrogen and oxygen atoms in total. The zero-order chi connectivity index (χ0) is 28.1. The fraction of sp³-hybridized carbons (Fsp3) is 0.946. The zero-order valence-electron chi connectivity index (χ0n) is 28.7. The van der Waals surface area contributed by atoms with E-state index in [9.17, 15) is 0 Å². The van der Waals surface area contributed by atoms with Crippen molar-refractivity contribution in [2.75, 3.05) is 0 Å². The molecule has 3 heteroatoms. The van der Waals surface area contributed by atoms with E-state index in [-0.39, 0.29) is 14.9 Å². The van der Waals surface area contributed by atoms with Crippen molar-refractivity contribution in [3.63, 3.8) is 0 Å². The molecular weight excluding hydrogens is 607 g/mol. The van der Waals surface area contributed by atoms with Crippen LogP contribution in [0.2, 0.25) is 0 Å². The molecule has 6 unspecified atom stereocenters. The Kier molecular flexibility index (Phi) is 17.0. The van der Waals surface area contributed by atoms with Crippen LogP contribution < -0.4 is 0 Å².